The average Bonchev–Trinajstić information content (AvgIpc) is 2.13. The quantitative estimate of drug-likeness (QED) is 0.890. The molecule has 0 fully saturated rings. The van der Waals surface area contributed by atoms with Gasteiger partial charge in [-0.05, 0) is 40.0 Å². The molecule has 2 N–H and O–H groups in total. The zero-order valence-corrected chi connectivity index (χ0v) is 9.10. The van der Waals surface area contributed by atoms with Gasteiger partial charge in [-0.25, -0.2) is 9.18 Å². The Hall–Kier alpha value is -1.10. The maximum atomic E-state index is 13.3. The van der Waals surface area contributed by atoms with E-state index in [-0.39, 0.29) is 12.4 Å². The lowest BCUT2D eigenvalue weighted by atomic mass is 10.1. The van der Waals surface area contributed by atoms with Gasteiger partial charge in [0.05, 0.1) is 4.47 Å². The van der Waals surface area contributed by atoms with E-state index in [2.05, 4.69) is 20.7 Å². The van der Waals surface area contributed by atoms with E-state index in [1.165, 1.54) is 0 Å². The van der Waals surface area contributed by atoms with Gasteiger partial charge in [-0.1, -0.05) is 6.07 Å². The van der Waals surface area contributed by atoms with Crippen LogP contribution in [0.4, 0.5) is 9.18 Å². The van der Waals surface area contributed by atoms with Crippen LogP contribution >= 0.6 is 15.9 Å². The first-order valence-corrected chi connectivity index (χ1v) is 4.67. The molecule has 0 radical (unpaired) electrons. The van der Waals surface area contributed by atoms with Crippen LogP contribution in [-0.4, -0.2) is 6.09 Å². The summed E-state index contributed by atoms with van der Waals surface area (Å²) in [5, 5.41) is 0. The summed E-state index contributed by atoms with van der Waals surface area (Å²) in [4.78, 5) is 10.3. The van der Waals surface area contributed by atoms with Crippen molar-refractivity contribution in [2.24, 2.45) is 5.73 Å². The normalized spacial score (nSPS) is 9.93. The fraction of sp³-hybridized carbons (Fsp3) is 0.222. The number of hydrogen-bond acceptors (Lipinski definition) is 2. The van der Waals surface area contributed by atoms with Crippen molar-refractivity contribution in [3.8, 4) is 0 Å². The molecule has 0 spiro atoms. The Kier molecular flexibility index (Phi) is 3.46. The van der Waals surface area contributed by atoms with Crippen molar-refractivity contribution in [2.45, 2.75) is 13.5 Å². The summed E-state index contributed by atoms with van der Waals surface area (Å²) in [5.74, 6) is -0.351. The van der Waals surface area contributed by atoms with Crippen LogP contribution < -0.4 is 5.73 Å². The summed E-state index contributed by atoms with van der Waals surface area (Å²) >= 11 is 3.05. The van der Waals surface area contributed by atoms with Gasteiger partial charge in [0.25, 0.3) is 0 Å². The number of carbonyl (C=O) groups is 1. The second-order valence-corrected chi connectivity index (χ2v) is 3.61. The van der Waals surface area contributed by atoms with Crippen molar-refractivity contribution in [1.82, 2.24) is 0 Å². The second kappa shape index (κ2) is 4.41. The van der Waals surface area contributed by atoms with Gasteiger partial charge in [0.1, 0.15) is 12.4 Å². The molecule has 0 aliphatic rings. The molecule has 1 aromatic rings. The molecule has 76 valence electrons. The van der Waals surface area contributed by atoms with Gasteiger partial charge < -0.3 is 10.5 Å². The highest BCUT2D eigenvalue weighted by atomic mass is 79.9. The van der Waals surface area contributed by atoms with E-state index < -0.39 is 6.09 Å². The molecule has 14 heavy (non-hydrogen) atoms. The van der Waals surface area contributed by atoms with E-state index in [1.807, 2.05) is 0 Å². The second-order valence-electron chi connectivity index (χ2n) is 2.75. The van der Waals surface area contributed by atoms with Crippen LogP contribution in [0.25, 0.3) is 0 Å². The van der Waals surface area contributed by atoms with Gasteiger partial charge in [0.2, 0.25) is 0 Å². The third kappa shape index (κ3) is 2.45. The first-order chi connectivity index (χ1) is 6.52. The fourth-order valence-electron chi connectivity index (χ4n) is 0.997. The zero-order chi connectivity index (χ0) is 10.7. The number of nitrogens with two attached hydrogens (primary N) is 1. The van der Waals surface area contributed by atoms with Gasteiger partial charge in [-0.15, -0.1) is 0 Å². The van der Waals surface area contributed by atoms with Gasteiger partial charge in [0, 0.05) is 0 Å². The number of benzene rings is 1. The minimum absolute atomic E-state index is 0.00856. The van der Waals surface area contributed by atoms with Crippen molar-refractivity contribution in [3.05, 3.63) is 33.5 Å². The first kappa shape index (κ1) is 11.0. The zero-order valence-electron chi connectivity index (χ0n) is 7.51. The molecular formula is C9H9BrFNO2. The summed E-state index contributed by atoms with van der Waals surface area (Å²) < 4.78 is 18.2. The number of carbonyl (C=O) groups excluding carboxylic acids is 1. The molecule has 1 rings (SSSR count). The van der Waals surface area contributed by atoms with Crippen molar-refractivity contribution in [1.29, 1.82) is 0 Å². The highest BCUT2D eigenvalue weighted by molar-refractivity contribution is 9.10. The minimum atomic E-state index is -0.868. The number of amides is 1. The highest BCUT2D eigenvalue weighted by Gasteiger charge is 2.08. The van der Waals surface area contributed by atoms with Crippen molar-refractivity contribution >= 4 is 22.0 Å². The maximum absolute atomic E-state index is 13.3. The van der Waals surface area contributed by atoms with E-state index in [9.17, 15) is 9.18 Å². The van der Waals surface area contributed by atoms with Crippen LogP contribution in [0, 0.1) is 12.7 Å². The first-order valence-electron chi connectivity index (χ1n) is 3.88. The molecule has 1 aromatic carbocycles. The standard InChI is InChI=1S/C9H9BrFNO2/c1-5-6(4-14-9(12)13)2-3-7(10)8(5)11/h2-3H,4H2,1H3,(H2,12,13). The topological polar surface area (TPSA) is 52.3 Å². The Morgan fingerprint density at radius 2 is 2.29 bits per heavy atom. The van der Waals surface area contributed by atoms with Gasteiger partial charge in [-0.3, -0.25) is 0 Å². The predicted octanol–water partition coefficient (Wildman–Crippen LogP) is 2.49. The molecule has 0 atom stereocenters. The molecule has 0 aliphatic heterocycles. The van der Waals surface area contributed by atoms with E-state index >= 15 is 0 Å². The molecule has 1 amide bonds. The largest absolute Gasteiger partial charge is 0.445 e. The molecule has 0 heterocycles. The Bertz CT molecular complexity index is 368. The van der Waals surface area contributed by atoms with E-state index in [0.29, 0.717) is 15.6 Å². The lowest BCUT2D eigenvalue weighted by Crippen LogP contribution is -2.13. The maximum Gasteiger partial charge on any atom is 0.404 e. The van der Waals surface area contributed by atoms with E-state index in [1.54, 1.807) is 19.1 Å². The Labute approximate surface area is 89.2 Å². The van der Waals surface area contributed by atoms with Gasteiger partial charge >= 0.3 is 6.09 Å². The van der Waals surface area contributed by atoms with Crippen LogP contribution in [-0.2, 0) is 11.3 Å². The SMILES string of the molecule is Cc1c(COC(N)=O)ccc(Br)c1F. The number of ether oxygens (including phenoxy) is 1. The number of rotatable bonds is 2. The Morgan fingerprint density at radius 1 is 1.64 bits per heavy atom. The molecular weight excluding hydrogens is 253 g/mol. The van der Waals surface area contributed by atoms with Crippen molar-refractivity contribution in [2.75, 3.05) is 0 Å². The van der Waals surface area contributed by atoms with Crippen molar-refractivity contribution in [3.63, 3.8) is 0 Å². The highest BCUT2D eigenvalue weighted by Crippen LogP contribution is 2.21. The van der Waals surface area contributed by atoms with Crippen LogP contribution in [0.3, 0.4) is 0 Å². The van der Waals surface area contributed by atoms with Crippen LogP contribution in [0.15, 0.2) is 16.6 Å². The minimum Gasteiger partial charge on any atom is -0.445 e. The summed E-state index contributed by atoms with van der Waals surface area (Å²) in [7, 11) is 0. The molecule has 0 saturated carbocycles. The molecule has 0 saturated heterocycles. The van der Waals surface area contributed by atoms with Crippen LogP contribution in [0.1, 0.15) is 11.1 Å². The lowest BCUT2D eigenvalue weighted by molar-refractivity contribution is 0.150. The predicted molar refractivity (Wildman–Crippen MR) is 53.2 cm³/mol. The summed E-state index contributed by atoms with van der Waals surface area (Å²) in [5.41, 5.74) is 5.84. The Morgan fingerprint density at radius 3 is 2.86 bits per heavy atom. The fourth-order valence-corrected chi connectivity index (χ4v) is 1.43. The van der Waals surface area contributed by atoms with Crippen LogP contribution in [0.5, 0.6) is 0 Å². The summed E-state index contributed by atoms with van der Waals surface area (Å²) in [6.07, 6.45) is -0.868. The number of primary amides is 1. The third-order valence-electron chi connectivity index (χ3n) is 1.82. The third-order valence-corrected chi connectivity index (χ3v) is 2.43. The van der Waals surface area contributed by atoms with Crippen molar-refractivity contribution < 1.29 is 13.9 Å². The van der Waals surface area contributed by atoms with Gasteiger partial charge in [-0.2, -0.15) is 0 Å². The average molecular weight is 262 g/mol. The number of hydrogen-bond donors (Lipinski definition) is 1. The lowest BCUT2D eigenvalue weighted by Gasteiger charge is -2.07. The van der Waals surface area contributed by atoms with Gasteiger partial charge in [0.15, 0.2) is 0 Å². The van der Waals surface area contributed by atoms with E-state index in [0.717, 1.165) is 0 Å². The summed E-state index contributed by atoms with van der Waals surface area (Å²) in [6.45, 7) is 1.60. The smallest absolute Gasteiger partial charge is 0.404 e. The monoisotopic (exact) mass is 261 g/mol. The molecule has 0 bridgehead atoms. The van der Waals surface area contributed by atoms with Crippen LogP contribution in [0.2, 0.25) is 0 Å². The molecule has 3 nitrogen and oxygen atoms in total. The summed E-state index contributed by atoms with van der Waals surface area (Å²) in [6, 6.07) is 3.23. The molecule has 0 aliphatic carbocycles. The molecule has 0 unspecified atom stereocenters. The Balaban J connectivity index is 2.88. The number of halogens is 2. The van der Waals surface area contributed by atoms with E-state index in [4.69, 9.17) is 5.73 Å². The molecule has 0 aromatic heterocycles. The molecule has 5 heteroatoms.